The molecule has 218 valence electrons. The van der Waals surface area contributed by atoms with Crippen LogP contribution in [0.3, 0.4) is 0 Å². The number of carboxylic acid groups (broad SMARTS) is 1. The molecule has 1 aliphatic heterocycles. The Labute approximate surface area is 244 Å². The quantitative estimate of drug-likeness (QED) is 0.211. The predicted octanol–water partition coefficient (Wildman–Crippen LogP) is 8.10. The first-order valence-electron chi connectivity index (χ1n) is 14.5. The number of carboxylic acids is 1. The number of carbonyl (C=O) groups is 1. The predicted molar refractivity (Wildman–Crippen MR) is 165 cm³/mol. The second-order valence-electron chi connectivity index (χ2n) is 11.2. The number of aliphatic carboxylic acids is 1. The number of hydrogen-bond donors (Lipinski definition) is 3. The molecule has 3 aromatic carbocycles. The molecule has 0 saturated carbocycles. The SMILES string of the molecule is C/C=C\[C@@H](CC(=O)O)c1ccc(OCc2ccc3c(c2)-c2ccc(OCC4CCS(O)(O)CC4)cc2CCC3)cc1. The van der Waals surface area contributed by atoms with Gasteiger partial charge in [-0.3, -0.25) is 13.9 Å². The highest BCUT2D eigenvalue weighted by Gasteiger charge is 2.25. The summed E-state index contributed by atoms with van der Waals surface area (Å²) in [5.41, 5.74) is 7.20. The third-order valence-corrected chi connectivity index (χ3v) is 9.94. The van der Waals surface area contributed by atoms with Crippen LogP contribution in [0.4, 0.5) is 0 Å². The average Bonchev–Trinajstić information content (AvgIpc) is 3.14. The fourth-order valence-electron chi connectivity index (χ4n) is 5.81. The Hall–Kier alpha value is -3.26. The average molecular weight is 577 g/mol. The maximum atomic E-state index is 11.2. The molecule has 3 aromatic rings. The zero-order valence-corrected chi connectivity index (χ0v) is 24.4. The van der Waals surface area contributed by atoms with Crippen LogP contribution in [-0.2, 0) is 24.2 Å². The lowest BCUT2D eigenvalue weighted by Crippen LogP contribution is -2.24. The van der Waals surface area contributed by atoms with Gasteiger partial charge in [-0.05, 0) is 109 Å². The van der Waals surface area contributed by atoms with E-state index in [0.29, 0.717) is 30.6 Å². The first-order chi connectivity index (χ1) is 19.8. The molecule has 0 unspecified atom stereocenters. The fourth-order valence-corrected chi connectivity index (χ4v) is 7.44. The highest BCUT2D eigenvalue weighted by Crippen LogP contribution is 2.45. The van der Waals surface area contributed by atoms with E-state index in [4.69, 9.17) is 9.47 Å². The summed E-state index contributed by atoms with van der Waals surface area (Å²) in [7, 11) is -2.36. The van der Waals surface area contributed by atoms with Crippen molar-refractivity contribution in [2.45, 2.75) is 58.0 Å². The van der Waals surface area contributed by atoms with Crippen molar-refractivity contribution < 1.29 is 28.5 Å². The maximum absolute atomic E-state index is 11.2. The minimum atomic E-state index is -2.36. The molecule has 0 amide bonds. The van der Waals surface area contributed by atoms with Gasteiger partial charge in [0.2, 0.25) is 0 Å². The van der Waals surface area contributed by atoms with E-state index in [9.17, 15) is 19.0 Å². The summed E-state index contributed by atoms with van der Waals surface area (Å²) in [5.74, 6) is 2.01. The zero-order valence-electron chi connectivity index (χ0n) is 23.6. The van der Waals surface area contributed by atoms with E-state index in [0.717, 1.165) is 54.7 Å². The van der Waals surface area contributed by atoms with Crippen molar-refractivity contribution in [2.75, 3.05) is 18.1 Å². The summed E-state index contributed by atoms with van der Waals surface area (Å²) in [6, 6.07) is 20.7. The van der Waals surface area contributed by atoms with E-state index in [1.807, 2.05) is 43.3 Å². The van der Waals surface area contributed by atoms with Gasteiger partial charge < -0.3 is 14.6 Å². The number of rotatable bonds is 10. The molecule has 41 heavy (non-hydrogen) atoms. The minimum Gasteiger partial charge on any atom is -0.493 e. The summed E-state index contributed by atoms with van der Waals surface area (Å²) in [5, 5.41) is 9.22. The third kappa shape index (κ3) is 7.73. The second-order valence-corrected chi connectivity index (χ2v) is 13.6. The Kier molecular flexibility index (Phi) is 9.38. The van der Waals surface area contributed by atoms with E-state index >= 15 is 0 Å². The van der Waals surface area contributed by atoms with Crippen molar-refractivity contribution in [3.8, 4) is 22.6 Å². The first-order valence-corrected chi connectivity index (χ1v) is 16.4. The molecular formula is C34H40O6S. The molecule has 7 heteroatoms. The van der Waals surface area contributed by atoms with Gasteiger partial charge in [0, 0.05) is 17.4 Å². The van der Waals surface area contributed by atoms with Crippen LogP contribution in [-0.4, -0.2) is 38.3 Å². The van der Waals surface area contributed by atoms with Crippen molar-refractivity contribution in [3.63, 3.8) is 0 Å². The lowest BCUT2D eigenvalue weighted by atomic mass is 9.94. The molecule has 1 saturated heterocycles. The molecule has 0 radical (unpaired) electrons. The first kappa shape index (κ1) is 29.2. The molecular weight excluding hydrogens is 536 g/mol. The molecule has 0 bridgehead atoms. The highest BCUT2D eigenvalue weighted by atomic mass is 32.3. The molecule has 5 rings (SSSR count). The molecule has 1 atom stereocenters. The number of aryl methyl sites for hydroxylation is 2. The van der Waals surface area contributed by atoms with Gasteiger partial charge in [-0.2, -0.15) is 10.6 Å². The zero-order chi connectivity index (χ0) is 28.8. The number of benzene rings is 3. The van der Waals surface area contributed by atoms with Crippen LogP contribution in [0.5, 0.6) is 11.5 Å². The molecule has 1 heterocycles. The molecule has 2 aliphatic rings. The van der Waals surface area contributed by atoms with Crippen LogP contribution in [0.15, 0.2) is 72.8 Å². The Bertz CT molecular complexity index is 1370. The lowest BCUT2D eigenvalue weighted by Gasteiger charge is -2.39. The Balaban J connectivity index is 1.24. The molecule has 0 aromatic heterocycles. The standard InChI is InChI=1S/C34H40O6S/c1-2-4-28(21-34(35)36)26-9-11-30(12-10-26)39-23-25-7-8-27-5-3-6-29-20-31(13-14-32(29)33(27)19-25)40-22-24-15-17-41(37,38)18-16-24/h2,4,7-14,19-20,24,28,37-38H,3,5-6,15-18,21-23H2,1H3,(H,35,36)/b4-2-/t28-/m0/s1. The molecule has 3 N–H and O–H groups in total. The van der Waals surface area contributed by atoms with Crippen molar-refractivity contribution >= 4 is 16.6 Å². The van der Waals surface area contributed by atoms with Crippen LogP contribution in [0.2, 0.25) is 0 Å². The van der Waals surface area contributed by atoms with Crippen LogP contribution in [0.25, 0.3) is 11.1 Å². The van der Waals surface area contributed by atoms with Gasteiger partial charge in [-0.1, -0.05) is 42.5 Å². The second kappa shape index (κ2) is 13.1. The Morgan fingerprint density at radius 2 is 1.66 bits per heavy atom. The van der Waals surface area contributed by atoms with Crippen LogP contribution >= 0.6 is 10.6 Å². The summed E-state index contributed by atoms with van der Waals surface area (Å²) in [4.78, 5) is 11.2. The number of allylic oxidation sites excluding steroid dienone is 2. The van der Waals surface area contributed by atoms with Gasteiger partial charge in [0.1, 0.15) is 18.1 Å². The normalized spacial score (nSPS) is 18.1. The fraction of sp³-hybridized carbons (Fsp3) is 0.382. The number of fused-ring (bicyclic) bond motifs is 3. The van der Waals surface area contributed by atoms with E-state index in [-0.39, 0.29) is 12.3 Å². The lowest BCUT2D eigenvalue weighted by molar-refractivity contribution is -0.137. The Morgan fingerprint density at radius 3 is 2.39 bits per heavy atom. The summed E-state index contributed by atoms with van der Waals surface area (Å²) in [6.45, 7) is 2.96. The van der Waals surface area contributed by atoms with Crippen molar-refractivity contribution in [3.05, 3.63) is 95.1 Å². The monoisotopic (exact) mass is 576 g/mol. The van der Waals surface area contributed by atoms with Gasteiger partial charge >= 0.3 is 5.97 Å². The minimum absolute atomic E-state index is 0.0614. The van der Waals surface area contributed by atoms with Crippen LogP contribution in [0.1, 0.15) is 60.8 Å². The van der Waals surface area contributed by atoms with E-state index in [1.54, 1.807) is 0 Å². The summed E-state index contributed by atoms with van der Waals surface area (Å²) in [6.07, 6.45) is 8.59. The molecule has 1 aliphatic carbocycles. The number of hydrogen-bond acceptors (Lipinski definition) is 5. The van der Waals surface area contributed by atoms with Gasteiger partial charge in [-0.25, -0.2) is 0 Å². The third-order valence-electron chi connectivity index (χ3n) is 8.16. The van der Waals surface area contributed by atoms with Crippen LogP contribution in [0, 0.1) is 5.92 Å². The van der Waals surface area contributed by atoms with Gasteiger partial charge in [0.15, 0.2) is 0 Å². The summed E-state index contributed by atoms with van der Waals surface area (Å²) < 4.78 is 32.0. The van der Waals surface area contributed by atoms with Crippen molar-refractivity contribution in [2.24, 2.45) is 5.92 Å². The van der Waals surface area contributed by atoms with Gasteiger partial charge in [0.25, 0.3) is 0 Å². The van der Waals surface area contributed by atoms with Gasteiger partial charge in [0.05, 0.1) is 13.0 Å². The van der Waals surface area contributed by atoms with Crippen LogP contribution < -0.4 is 9.47 Å². The largest absolute Gasteiger partial charge is 0.493 e. The smallest absolute Gasteiger partial charge is 0.304 e. The van der Waals surface area contributed by atoms with Crippen molar-refractivity contribution in [1.82, 2.24) is 0 Å². The molecule has 6 nitrogen and oxygen atoms in total. The van der Waals surface area contributed by atoms with E-state index < -0.39 is 16.6 Å². The van der Waals surface area contributed by atoms with E-state index in [1.165, 1.54) is 22.3 Å². The van der Waals surface area contributed by atoms with Gasteiger partial charge in [-0.15, -0.1) is 0 Å². The number of ether oxygens (including phenoxy) is 2. The summed E-state index contributed by atoms with van der Waals surface area (Å²) >= 11 is 0. The molecule has 0 spiro atoms. The Morgan fingerprint density at radius 1 is 0.927 bits per heavy atom. The van der Waals surface area contributed by atoms with Crippen molar-refractivity contribution in [1.29, 1.82) is 0 Å². The topological polar surface area (TPSA) is 96.2 Å². The highest BCUT2D eigenvalue weighted by molar-refractivity contribution is 8.24. The van der Waals surface area contributed by atoms with E-state index in [2.05, 4.69) is 36.4 Å². The maximum Gasteiger partial charge on any atom is 0.304 e. The molecule has 1 fully saturated rings.